The monoisotopic (exact) mass is 427 g/mol. The van der Waals surface area contributed by atoms with E-state index in [-0.39, 0.29) is 56.6 Å². The fourth-order valence-corrected chi connectivity index (χ4v) is 3.36. The number of aliphatic hydroxyl groups excluding tert-OH is 1. The Balaban J connectivity index is 1.73. The van der Waals surface area contributed by atoms with Gasteiger partial charge < -0.3 is 20.1 Å². The normalized spacial score (nSPS) is 19.5. The predicted molar refractivity (Wildman–Crippen MR) is 102 cm³/mol. The minimum atomic E-state index is -0.856. The van der Waals surface area contributed by atoms with Crippen molar-refractivity contribution in [3.8, 4) is 0 Å². The SMILES string of the molecule is CC(=O)NC[C@H]1CN(c2cc(F)c(N3CCNN(C(=O)CO)CC3)c(F)c2)C(=O)O1. The van der Waals surface area contributed by atoms with Crippen molar-refractivity contribution >= 4 is 29.3 Å². The lowest BCUT2D eigenvalue weighted by atomic mass is 10.2. The number of nitrogens with one attached hydrogen (secondary N) is 2. The topological polar surface area (TPSA) is 114 Å². The molecule has 2 fully saturated rings. The number of cyclic esters (lactones) is 1. The molecule has 0 radical (unpaired) electrons. The van der Waals surface area contributed by atoms with E-state index in [1.54, 1.807) is 0 Å². The van der Waals surface area contributed by atoms with E-state index in [2.05, 4.69) is 10.7 Å². The summed E-state index contributed by atoms with van der Waals surface area (Å²) in [5.74, 6) is -2.53. The van der Waals surface area contributed by atoms with Crippen LogP contribution in [0.1, 0.15) is 6.92 Å². The van der Waals surface area contributed by atoms with Crippen LogP contribution < -0.4 is 20.5 Å². The van der Waals surface area contributed by atoms with Crippen molar-refractivity contribution < 1.29 is 33.0 Å². The number of rotatable bonds is 5. The van der Waals surface area contributed by atoms with E-state index < -0.39 is 36.3 Å². The maximum atomic E-state index is 14.8. The van der Waals surface area contributed by atoms with Crippen LogP contribution in [0.15, 0.2) is 12.1 Å². The minimum Gasteiger partial charge on any atom is -0.442 e. The largest absolute Gasteiger partial charge is 0.442 e. The first kappa shape index (κ1) is 21.7. The Morgan fingerprint density at radius 1 is 1.27 bits per heavy atom. The van der Waals surface area contributed by atoms with Gasteiger partial charge in [0, 0.05) is 38.7 Å². The van der Waals surface area contributed by atoms with E-state index in [1.165, 1.54) is 16.8 Å². The summed E-state index contributed by atoms with van der Waals surface area (Å²) < 4.78 is 34.8. The van der Waals surface area contributed by atoms with Gasteiger partial charge in [-0.25, -0.2) is 19.0 Å². The van der Waals surface area contributed by atoms with Gasteiger partial charge in [0.05, 0.1) is 25.3 Å². The molecule has 0 spiro atoms. The second-order valence-corrected chi connectivity index (χ2v) is 6.91. The molecule has 2 aliphatic heterocycles. The van der Waals surface area contributed by atoms with E-state index in [1.807, 2.05) is 0 Å². The summed E-state index contributed by atoms with van der Waals surface area (Å²) >= 11 is 0. The van der Waals surface area contributed by atoms with Crippen LogP contribution >= 0.6 is 0 Å². The summed E-state index contributed by atoms with van der Waals surface area (Å²) in [6.45, 7) is 1.56. The third-order valence-electron chi connectivity index (χ3n) is 4.80. The Bertz CT molecular complexity index is 816. The van der Waals surface area contributed by atoms with Crippen molar-refractivity contribution in [3.05, 3.63) is 23.8 Å². The van der Waals surface area contributed by atoms with E-state index in [9.17, 15) is 23.2 Å². The summed E-state index contributed by atoms with van der Waals surface area (Å²) in [5.41, 5.74) is 2.54. The second kappa shape index (κ2) is 9.22. The van der Waals surface area contributed by atoms with E-state index >= 15 is 0 Å². The highest BCUT2D eigenvalue weighted by atomic mass is 19.1. The van der Waals surface area contributed by atoms with Crippen molar-refractivity contribution in [1.82, 2.24) is 15.8 Å². The first-order valence-corrected chi connectivity index (χ1v) is 9.41. The number of hydrogen-bond acceptors (Lipinski definition) is 7. The third kappa shape index (κ3) is 4.76. The van der Waals surface area contributed by atoms with Gasteiger partial charge in [0.15, 0.2) is 11.6 Å². The number of amides is 3. The van der Waals surface area contributed by atoms with Crippen molar-refractivity contribution in [2.45, 2.75) is 13.0 Å². The van der Waals surface area contributed by atoms with Gasteiger partial charge in [-0.05, 0) is 0 Å². The van der Waals surface area contributed by atoms with Crippen LogP contribution in [-0.2, 0) is 14.3 Å². The number of hydrazine groups is 1. The van der Waals surface area contributed by atoms with Crippen LogP contribution in [0.4, 0.5) is 25.0 Å². The quantitative estimate of drug-likeness (QED) is 0.584. The lowest BCUT2D eigenvalue weighted by Gasteiger charge is -2.25. The summed E-state index contributed by atoms with van der Waals surface area (Å²) in [6.07, 6.45) is -1.38. The smallest absolute Gasteiger partial charge is 0.414 e. The number of carbonyl (C=O) groups excluding carboxylic acids is 3. The summed E-state index contributed by atoms with van der Waals surface area (Å²) in [4.78, 5) is 37.2. The van der Waals surface area contributed by atoms with Crippen molar-refractivity contribution in [2.75, 3.05) is 55.7 Å². The zero-order valence-corrected chi connectivity index (χ0v) is 16.4. The summed E-state index contributed by atoms with van der Waals surface area (Å²) in [7, 11) is 0. The number of hydrogen-bond donors (Lipinski definition) is 3. The van der Waals surface area contributed by atoms with Crippen LogP contribution in [0, 0.1) is 11.6 Å². The molecule has 3 amide bonds. The molecule has 0 aromatic heterocycles. The molecule has 3 N–H and O–H groups in total. The number of nitrogens with zero attached hydrogens (tertiary/aromatic N) is 3. The van der Waals surface area contributed by atoms with Gasteiger partial charge in [0.25, 0.3) is 5.91 Å². The number of anilines is 2. The molecule has 12 heteroatoms. The van der Waals surface area contributed by atoms with Gasteiger partial charge in [0.1, 0.15) is 18.4 Å². The van der Waals surface area contributed by atoms with Crippen LogP contribution in [0.5, 0.6) is 0 Å². The van der Waals surface area contributed by atoms with Gasteiger partial charge in [-0.2, -0.15) is 0 Å². The molecule has 2 aliphatic rings. The predicted octanol–water partition coefficient (Wildman–Crippen LogP) is -0.428. The molecule has 0 bridgehead atoms. The Labute approximate surface area is 171 Å². The van der Waals surface area contributed by atoms with Crippen molar-refractivity contribution in [2.24, 2.45) is 0 Å². The molecule has 1 aromatic carbocycles. The molecule has 1 aromatic rings. The molecule has 10 nitrogen and oxygen atoms in total. The van der Waals surface area contributed by atoms with Gasteiger partial charge in [-0.1, -0.05) is 0 Å². The molecule has 30 heavy (non-hydrogen) atoms. The van der Waals surface area contributed by atoms with Crippen molar-refractivity contribution in [1.29, 1.82) is 0 Å². The highest BCUT2D eigenvalue weighted by molar-refractivity contribution is 5.90. The average molecular weight is 427 g/mol. The van der Waals surface area contributed by atoms with Crippen LogP contribution in [-0.4, -0.2) is 80.0 Å². The van der Waals surface area contributed by atoms with E-state index in [0.29, 0.717) is 0 Å². The number of benzene rings is 1. The molecular formula is C18H23F2N5O5. The Hall–Kier alpha value is -2.99. The standard InChI is InChI=1S/C18H23F2N5O5/c1-11(27)21-8-13-9-24(18(29)30-13)12-6-14(19)17(15(20)7-12)23-3-2-22-25(5-4-23)16(28)10-26/h6-7,13,22,26H,2-5,8-10H2,1H3,(H,21,27)/t13-/m0/s1. The fourth-order valence-electron chi connectivity index (χ4n) is 3.36. The molecule has 2 saturated heterocycles. The number of halogens is 2. The van der Waals surface area contributed by atoms with Gasteiger partial charge in [-0.3, -0.25) is 19.5 Å². The molecule has 0 saturated carbocycles. The summed E-state index contributed by atoms with van der Waals surface area (Å²) in [5, 5.41) is 12.7. The lowest BCUT2D eigenvalue weighted by molar-refractivity contribution is -0.137. The number of ether oxygens (including phenoxy) is 1. The van der Waals surface area contributed by atoms with E-state index in [4.69, 9.17) is 9.84 Å². The number of aliphatic hydroxyl groups is 1. The first-order valence-electron chi connectivity index (χ1n) is 9.41. The third-order valence-corrected chi connectivity index (χ3v) is 4.80. The summed E-state index contributed by atoms with van der Waals surface area (Å²) in [6, 6.07) is 2.10. The fraction of sp³-hybridized carbons (Fsp3) is 0.500. The maximum absolute atomic E-state index is 14.8. The highest BCUT2D eigenvalue weighted by Gasteiger charge is 2.34. The van der Waals surface area contributed by atoms with Crippen LogP contribution in [0.25, 0.3) is 0 Å². The molecule has 3 rings (SSSR count). The van der Waals surface area contributed by atoms with Gasteiger partial charge in [0.2, 0.25) is 5.91 Å². The number of carbonyl (C=O) groups is 3. The Morgan fingerprint density at radius 2 is 1.97 bits per heavy atom. The molecule has 164 valence electrons. The molecule has 0 unspecified atom stereocenters. The first-order chi connectivity index (χ1) is 14.3. The van der Waals surface area contributed by atoms with Crippen LogP contribution in [0.3, 0.4) is 0 Å². The van der Waals surface area contributed by atoms with Crippen LogP contribution in [0.2, 0.25) is 0 Å². The average Bonchev–Trinajstić information content (AvgIpc) is 2.90. The highest BCUT2D eigenvalue weighted by Crippen LogP contribution is 2.31. The zero-order chi connectivity index (χ0) is 21.8. The lowest BCUT2D eigenvalue weighted by Crippen LogP contribution is -2.45. The molecule has 1 atom stereocenters. The maximum Gasteiger partial charge on any atom is 0.414 e. The van der Waals surface area contributed by atoms with Crippen molar-refractivity contribution in [3.63, 3.8) is 0 Å². The van der Waals surface area contributed by atoms with E-state index in [0.717, 1.165) is 17.0 Å². The van der Waals surface area contributed by atoms with Gasteiger partial charge >= 0.3 is 6.09 Å². The second-order valence-electron chi connectivity index (χ2n) is 6.91. The molecule has 2 heterocycles. The Kier molecular flexibility index (Phi) is 6.67. The zero-order valence-electron chi connectivity index (χ0n) is 16.4. The van der Waals surface area contributed by atoms with Gasteiger partial charge in [-0.15, -0.1) is 0 Å². The Morgan fingerprint density at radius 3 is 2.60 bits per heavy atom. The molecule has 0 aliphatic carbocycles. The minimum absolute atomic E-state index is 0.00843. The molecular weight excluding hydrogens is 404 g/mol.